The molecule has 0 saturated carbocycles. The minimum absolute atomic E-state index is 0.523. The predicted octanol–water partition coefficient (Wildman–Crippen LogP) is -4.90. The van der Waals surface area contributed by atoms with Crippen LogP contribution in [0.25, 0.3) is 0 Å². The molecule has 11 nitrogen and oxygen atoms in total. The van der Waals surface area contributed by atoms with Gasteiger partial charge >= 0.3 is 5.97 Å². The molecule has 120 valence electrons. The lowest BCUT2D eigenvalue weighted by molar-refractivity contribution is -0.138. The molecule has 3 amide bonds. The second kappa shape index (κ2) is 9.63. The van der Waals surface area contributed by atoms with E-state index in [0.717, 1.165) is 0 Å². The van der Waals surface area contributed by atoms with Crippen LogP contribution < -0.4 is 21.7 Å². The lowest BCUT2D eigenvalue weighted by Crippen LogP contribution is -2.55. The maximum Gasteiger partial charge on any atom is 0.322 e. The zero-order valence-electron chi connectivity index (χ0n) is 11.0. The van der Waals surface area contributed by atoms with Crippen molar-refractivity contribution in [2.24, 2.45) is 5.73 Å². The summed E-state index contributed by atoms with van der Waals surface area (Å²) in [6, 6.07) is -2.59. The summed E-state index contributed by atoms with van der Waals surface area (Å²) in [6.07, 6.45) is 0. The lowest BCUT2D eigenvalue weighted by Gasteiger charge is -2.17. The van der Waals surface area contributed by atoms with Crippen molar-refractivity contribution in [3.63, 3.8) is 0 Å². The quantitative estimate of drug-likeness (QED) is 0.220. The number of amides is 3. The first-order chi connectivity index (χ1) is 9.81. The van der Waals surface area contributed by atoms with Crippen LogP contribution in [-0.2, 0) is 19.2 Å². The first-order valence-corrected chi connectivity index (χ1v) is 5.85. The monoisotopic (exact) mass is 306 g/mol. The number of nitrogens with one attached hydrogen (secondary N) is 3. The standard InChI is InChI=1S/C10H18N4O7/c11-5(3-15)9(20)14-6(4-16)10(21)13-1-7(17)12-2-8(18)19/h5-6,15-16H,1-4,11H2,(H,12,17)(H,13,21)(H,14,20)(H,18,19). The first-order valence-electron chi connectivity index (χ1n) is 5.85. The van der Waals surface area contributed by atoms with E-state index in [1.54, 1.807) is 0 Å². The number of rotatable bonds is 9. The molecule has 2 unspecified atom stereocenters. The summed E-state index contributed by atoms with van der Waals surface area (Å²) < 4.78 is 0. The highest BCUT2D eigenvalue weighted by Crippen LogP contribution is 1.86. The van der Waals surface area contributed by atoms with E-state index >= 15 is 0 Å². The number of hydrogen-bond donors (Lipinski definition) is 7. The summed E-state index contributed by atoms with van der Waals surface area (Å²) >= 11 is 0. The maximum atomic E-state index is 11.6. The van der Waals surface area contributed by atoms with Crippen LogP contribution in [0.2, 0.25) is 0 Å². The number of carboxylic acids is 1. The largest absolute Gasteiger partial charge is 0.480 e. The molecule has 0 bridgehead atoms. The van der Waals surface area contributed by atoms with Crippen LogP contribution in [0.4, 0.5) is 0 Å². The summed E-state index contributed by atoms with van der Waals surface area (Å²) in [4.78, 5) is 44.3. The van der Waals surface area contributed by atoms with Gasteiger partial charge in [0.1, 0.15) is 18.6 Å². The highest BCUT2D eigenvalue weighted by atomic mass is 16.4. The van der Waals surface area contributed by atoms with Crippen molar-refractivity contribution in [2.75, 3.05) is 26.3 Å². The molecule has 0 aromatic heterocycles. The average molecular weight is 306 g/mol. The van der Waals surface area contributed by atoms with Gasteiger partial charge in [0.2, 0.25) is 17.7 Å². The van der Waals surface area contributed by atoms with Crippen LogP contribution >= 0.6 is 0 Å². The molecule has 0 radical (unpaired) electrons. The van der Waals surface area contributed by atoms with Gasteiger partial charge in [-0.2, -0.15) is 0 Å². The third-order valence-corrected chi connectivity index (χ3v) is 2.21. The van der Waals surface area contributed by atoms with E-state index in [2.05, 4.69) is 10.6 Å². The summed E-state index contributed by atoms with van der Waals surface area (Å²) in [5.41, 5.74) is 5.21. The fourth-order valence-electron chi connectivity index (χ4n) is 1.08. The van der Waals surface area contributed by atoms with E-state index in [9.17, 15) is 19.2 Å². The van der Waals surface area contributed by atoms with Crippen molar-refractivity contribution >= 4 is 23.7 Å². The van der Waals surface area contributed by atoms with Crippen LogP contribution in [0, 0.1) is 0 Å². The van der Waals surface area contributed by atoms with Crippen molar-refractivity contribution in [1.82, 2.24) is 16.0 Å². The normalized spacial score (nSPS) is 12.9. The van der Waals surface area contributed by atoms with E-state index in [4.69, 9.17) is 21.1 Å². The molecular formula is C10H18N4O7. The van der Waals surface area contributed by atoms with Crippen molar-refractivity contribution in [1.29, 1.82) is 0 Å². The number of aliphatic hydroxyl groups is 2. The average Bonchev–Trinajstić information content (AvgIpc) is 2.46. The summed E-state index contributed by atoms with van der Waals surface area (Å²) in [5, 5.41) is 32.2. The van der Waals surface area contributed by atoms with E-state index in [-0.39, 0.29) is 0 Å². The molecule has 8 N–H and O–H groups in total. The van der Waals surface area contributed by atoms with Gasteiger partial charge in [0.15, 0.2) is 0 Å². The van der Waals surface area contributed by atoms with Gasteiger partial charge in [0, 0.05) is 0 Å². The third-order valence-electron chi connectivity index (χ3n) is 2.21. The molecule has 0 aliphatic heterocycles. The number of nitrogens with two attached hydrogens (primary N) is 1. The SMILES string of the molecule is NC(CO)C(=O)NC(CO)C(=O)NCC(=O)NCC(=O)O. The van der Waals surface area contributed by atoms with Gasteiger partial charge in [0.05, 0.1) is 19.8 Å². The molecule has 0 fully saturated rings. The van der Waals surface area contributed by atoms with E-state index < -0.39 is 62.1 Å². The van der Waals surface area contributed by atoms with E-state index in [1.165, 1.54) is 0 Å². The predicted molar refractivity (Wildman–Crippen MR) is 67.7 cm³/mol. The molecule has 0 aromatic carbocycles. The fraction of sp³-hybridized carbons (Fsp3) is 0.600. The molecule has 0 aromatic rings. The Balaban J connectivity index is 4.25. The van der Waals surface area contributed by atoms with Crippen LogP contribution in [0.1, 0.15) is 0 Å². The number of carboxylic acid groups (broad SMARTS) is 1. The van der Waals surface area contributed by atoms with Crippen molar-refractivity contribution in [2.45, 2.75) is 12.1 Å². The Morgan fingerprint density at radius 1 is 0.952 bits per heavy atom. The summed E-state index contributed by atoms with van der Waals surface area (Å²) in [5.74, 6) is -3.70. The molecule has 0 rings (SSSR count). The van der Waals surface area contributed by atoms with Crippen molar-refractivity contribution in [3.05, 3.63) is 0 Å². The Morgan fingerprint density at radius 3 is 2.05 bits per heavy atom. The molecule has 2 atom stereocenters. The number of carbonyl (C=O) groups excluding carboxylic acids is 3. The zero-order valence-corrected chi connectivity index (χ0v) is 11.0. The Labute approximate surface area is 119 Å². The van der Waals surface area contributed by atoms with E-state index in [1.807, 2.05) is 5.32 Å². The van der Waals surface area contributed by atoms with Gasteiger partial charge in [-0.25, -0.2) is 0 Å². The minimum Gasteiger partial charge on any atom is -0.480 e. The minimum atomic E-state index is -1.35. The number of hydrogen-bond acceptors (Lipinski definition) is 7. The Bertz CT molecular complexity index is 401. The highest BCUT2D eigenvalue weighted by Gasteiger charge is 2.23. The Morgan fingerprint density at radius 2 is 1.57 bits per heavy atom. The highest BCUT2D eigenvalue weighted by molar-refractivity contribution is 5.92. The molecule has 0 aliphatic rings. The molecular weight excluding hydrogens is 288 g/mol. The van der Waals surface area contributed by atoms with Crippen LogP contribution in [0.15, 0.2) is 0 Å². The Kier molecular flexibility index (Phi) is 8.60. The van der Waals surface area contributed by atoms with Crippen LogP contribution in [-0.4, -0.2) is 77.4 Å². The van der Waals surface area contributed by atoms with Gasteiger partial charge in [-0.3, -0.25) is 19.2 Å². The maximum absolute atomic E-state index is 11.6. The van der Waals surface area contributed by atoms with Crippen molar-refractivity contribution in [3.8, 4) is 0 Å². The van der Waals surface area contributed by atoms with E-state index in [0.29, 0.717) is 0 Å². The number of aliphatic hydroxyl groups excluding tert-OH is 2. The Hall–Kier alpha value is -2.24. The van der Waals surface area contributed by atoms with Gasteiger partial charge < -0.3 is 37.0 Å². The lowest BCUT2D eigenvalue weighted by atomic mass is 10.2. The van der Waals surface area contributed by atoms with Gasteiger partial charge in [0.25, 0.3) is 0 Å². The van der Waals surface area contributed by atoms with Crippen molar-refractivity contribution < 1.29 is 34.5 Å². The van der Waals surface area contributed by atoms with Gasteiger partial charge in [-0.15, -0.1) is 0 Å². The van der Waals surface area contributed by atoms with Gasteiger partial charge in [-0.05, 0) is 0 Å². The molecule has 0 saturated heterocycles. The molecule has 11 heteroatoms. The summed E-state index contributed by atoms with van der Waals surface area (Å²) in [7, 11) is 0. The molecule has 21 heavy (non-hydrogen) atoms. The third kappa shape index (κ3) is 7.81. The number of aliphatic carboxylic acids is 1. The molecule has 0 heterocycles. The smallest absolute Gasteiger partial charge is 0.322 e. The second-order valence-electron chi connectivity index (χ2n) is 3.92. The van der Waals surface area contributed by atoms with Gasteiger partial charge in [-0.1, -0.05) is 0 Å². The number of carbonyl (C=O) groups is 4. The molecule has 0 spiro atoms. The van der Waals surface area contributed by atoms with Crippen LogP contribution in [0.3, 0.4) is 0 Å². The fourth-order valence-corrected chi connectivity index (χ4v) is 1.08. The van der Waals surface area contributed by atoms with Crippen LogP contribution in [0.5, 0.6) is 0 Å². The topological polar surface area (TPSA) is 191 Å². The first kappa shape index (κ1) is 18.8. The summed E-state index contributed by atoms with van der Waals surface area (Å²) in [6.45, 7) is -2.50. The zero-order chi connectivity index (χ0) is 16.4. The second-order valence-corrected chi connectivity index (χ2v) is 3.92. The molecule has 0 aliphatic carbocycles.